The number of hydrogen-bond donors (Lipinski definition) is 1. The van der Waals surface area contributed by atoms with Gasteiger partial charge in [0, 0.05) is 17.8 Å². The number of benzene rings is 1. The summed E-state index contributed by atoms with van der Waals surface area (Å²) >= 11 is 0. The molecule has 1 aromatic carbocycles. The Labute approximate surface area is 142 Å². The fourth-order valence-corrected chi connectivity index (χ4v) is 4.05. The van der Waals surface area contributed by atoms with Crippen LogP contribution in [0.1, 0.15) is 78.1 Å². The standard InChI is InChI=1S/C21H35NO/c1-3-4-5-6-7-8-10-15-20-17-21(23)16-18(2)22(20)19-13-11-9-12-14-19/h9,11-14,18,20-21,23H,3-8,10,15-17H2,1-2H3/t18-,20+,21+/m1/s1. The fraction of sp³-hybridized carbons (Fsp3) is 0.714. The second kappa shape index (κ2) is 9.97. The maximum atomic E-state index is 10.2. The summed E-state index contributed by atoms with van der Waals surface area (Å²) in [4.78, 5) is 2.56. The molecule has 130 valence electrons. The zero-order chi connectivity index (χ0) is 16.5. The lowest BCUT2D eigenvalue weighted by Gasteiger charge is -2.44. The predicted octanol–water partition coefficient (Wildman–Crippen LogP) is 5.55. The highest BCUT2D eigenvalue weighted by molar-refractivity contribution is 5.48. The van der Waals surface area contributed by atoms with Gasteiger partial charge in [0.1, 0.15) is 0 Å². The number of para-hydroxylation sites is 1. The molecule has 2 nitrogen and oxygen atoms in total. The van der Waals surface area contributed by atoms with Crippen molar-refractivity contribution in [1.29, 1.82) is 0 Å². The summed E-state index contributed by atoms with van der Waals surface area (Å²) in [5.41, 5.74) is 1.32. The summed E-state index contributed by atoms with van der Waals surface area (Å²) in [5, 5.41) is 10.2. The molecular formula is C21H35NO. The third kappa shape index (κ3) is 5.84. The quantitative estimate of drug-likeness (QED) is 0.604. The van der Waals surface area contributed by atoms with E-state index in [-0.39, 0.29) is 6.10 Å². The molecular weight excluding hydrogens is 282 g/mol. The van der Waals surface area contributed by atoms with Crippen LogP contribution >= 0.6 is 0 Å². The van der Waals surface area contributed by atoms with Crippen molar-refractivity contribution in [3.8, 4) is 0 Å². The lowest BCUT2D eigenvalue weighted by molar-refractivity contribution is 0.110. The molecule has 0 aliphatic carbocycles. The monoisotopic (exact) mass is 317 g/mol. The lowest BCUT2D eigenvalue weighted by Crippen LogP contribution is -2.49. The van der Waals surface area contributed by atoms with E-state index in [4.69, 9.17) is 0 Å². The Bertz CT molecular complexity index is 419. The number of nitrogens with zero attached hydrogens (tertiary/aromatic N) is 1. The van der Waals surface area contributed by atoms with Crippen molar-refractivity contribution in [2.75, 3.05) is 4.90 Å². The molecule has 0 amide bonds. The molecule has 1 N–H and O–H groups in total. The maximum absolute atomic E-state index is 10.2. The van der Waals surface area contributed by atoms with E-state index in [1.165, 1.54) is 57.1 Å². The van der Waals surface area contributed by atoms with E-state index in [1.54, 1.807) is 0 Å². The largest absolute Gasteiger partial charge is 0.393 e. The molecule has 1 fully saturated rings. The number of rotatable bonds is 9. The second-order valence-electron chi connectivity index (χ2n) is 7.28. The van der Waals surface area contributed by atoms with Crippen molar-refractivity contribution in [2.45, 2.75) is 96.2 Å². The Kier molecular flexibility index (Phi) is 7.94. The molecule has 0 saturated carbocycles. The molecule has 0 spiro atoms. The normalized spacial score (nSPS) is 24.8. The highest BCUT2D eigenvalue weighted by atomic mass is 16.3. The first-order chi connectivity index (χ1) is 11.2. The number of anilines is 1. The summed E-state index contributed by atoms with van der Waals surface area (Å²) in [6.45, 7) is 4.53. The van der Waals surface area contributed by atoms with Crippen molar-refractivity contribution in [1.82, 2.24) is 0 Å². The van der Waals surface area contributed by atoms with Gasteiger partial charge in [-0.05, 0) is 38.3 Å². The van der Waals surface area contributed by atoms with Gasteiger partial charge in [-0.15, -0.1) is 0 Å². The minimum atomic E-state index is -0.125. The van der Waals surface area contributed by atoms with Crippen LogP contribution in [0.4, 0.5) is 5.69 Å². The Morgan fingerprint density at radius 2 is 1.61 bits per heavy atom. The molecule has 1 saturated heterocycles. The van der Waals surface area contributed by atoms with Gasteiger partial charge in [-0.1, -0.05) is 70.1 Å². The van der Waals surface area contributed by atoms with Crippen molar-refractivity contribution < 1.29 is 5.11 Å². The summed E-state index contributed by atoms with van der Waals surface area (Å²) in [6.07, 6.45) is 12.4. The van der Waals surface area contributed by atoms with E-state index in [9.17, 15) is 5.11 Å². The van der Waals surface area contributed by atoms with Crippen LogP contribution < -0.4 is 4.90 Å². The SMILES string of the molecule is CCCCCCCCC[C@H]1C[C@@H](O)C[C@@H](C)N1c1ccccc1. The molecule has 0 aromatic heterocycles. The highest BCUT2D eigenvalue weighted by Crippen LogP contribution is 2.31. The minimum Gasteiger partial charge on any atom is -0.393 e. The van der Waals surface area contributed by atoms with Crippen LogP contribution in [-0.4, -0.2) is 23.3 Å². The average molecular weight is 318 g/mol. The third-order valence-corrected chi connectivity index (χ3v) is 5.22. The molecule has 0 bridgehead atoms. The first-order valence-electron chi connectivity index (χ1n) is 9.73. The van der Waals surface area contributed by atoms with Gasteiger partial charge in [0.2, 0.25) is 0 Å². The third-order valence-electron chi connectivity index (χ3n) is 5.22. The molecule has 1 aliphatic rings. The molecule has 1 aliphatic heterocycles. The van der Waals surface area contributed by atoms with Gasteiger partial charge in [0.05, 0.1) is 6.10 Å². The predicted molar refractivity (Wildman–Crippen MR) is 100 cm³/mol. The molecule has 23 heavy (non-hydrogen) atoms. The number of hydrogen-bond acceptors (Lipinski definition) is 2. The van der Waals surface area contributed by atoms with E-state index in [0.717, 1.165) is 12.8 Å². The van der Waals surface area contributed by atoms with Gasteiger partial charge in [-0.2, -0.15) is 0 Å². The number of aliphatic hydroxyl groups excluding tert-OH is 1. The Hall–Kier alpha value is -1.02. The molecule has 2 heteroatoms. The van der Waals surface area contributed by atoms with Crippen LogP contribution in [0.25, 0.3) is 0 Å². The summed E-state index contributed by atoms with van der Waals surface area (Å²) < 4.78 is 0. The van der Waals surface area contributed by atoms with Gasteiger partial charge in [0.15, 0.2) is 0 Å². The van der Waals surface area contributed by atoms with Crippen LogP contribution in [0.15, 0.2) is 30.3 Å². The van der Waals surface area contributed by atoms with E-state index in [1.807, 2.05) is 0 Å². The molecule has 1 heterocycles. The summed E-state index contributed by atoms with van der Waals surface area (Å²) in [6, 6.07) is 11.7. The number of piperidine rings is 1. The van der Waals surface area contributed by atoms with Gasteiger partial charge in [0.25, 0.3) is 0 Å². The Morgan fingerprint density at radius 1 is 0.957 bits per heavy atom. The van der Waals surface area contributed by atoms with Crippen LogP contribution in [0.3, 0.4) is 0 Å². The molecule has 1 aromatic rings. The number of unbranched alkanes of at least 4 members (excludes halogenated alkanes) is 6. The van der Waals surface area contributed by atoms with E-state index in [0.29, 0.717) is 12.1 Å². The van der Waals surface area contributed by atoms with Gasteiger partial charge < -0.3 is 10.0 Å². The van der Waals surface area contributed by atoms with Gasteiger partial charge in [-0.3, -0.25) is 0 Å². The van der Waals surface area contributed by atoms with Crippen LogP contribution in [0, 0.1) is 0 Å². The molecule has 2 rings (SSSR count). The Morgan fingerprint density at radius 3 is 2.30 bits per heavy atom. The highest BCUT2D eigenvalue weighted by Gasteiger charge is 2.32. The first kappa shape index (κ1) is 18.3. The van der Waals surface area contributed by atoms with E-state index in [2.05, 4.69) is 49.1 Å². The number of aliphatic hydroxyl groups is 1. The maximum Gasteiger partial charge on any atom is 0.0579 e. The van der Waals surface area contributed by atoms with Crippen molar-refractivity contribution in [3.05, 3.63) is 30.3 Å². The van der Waals surface area contributed by atoms with Crippen LogP contribution in [0.2, 0.25) is 0 Å². The smallest absolute Gasteiger partial charge is 0.0579 e. The van der Waals surface area contributed by atoms with Crippen molar-refractivity contribution >= 4 is 5.69 Å². The van der Waals surface area contributed by atoms with Crippen LogP contribution in [-0.2, 0) is 0 Å². The molecule has 0 unspecified atom stereocenters. The van der Waals surface area contributed by atoms with E-state index >= 15 is 0 Å². The zero-order valence-corrected chi connectivity index (χ0v) is 15.1. The van der Waals surface area contributed by atoms with E-state index < -0.39 is 0 Å². The molecule has 0 radical (unpaired) electrons. The molecule has 3 atom stereocenters. The van der Waals surface area contributed by atoms with Crippen molar-refractivity contribution in [2.24, 2.45) is 0 Å². The van der Waals surface area contributed by atoms with Gasteiger partial charge >= 0.3 is 0 Å². The lowest BCUT2D eigenvalue weighted by atomic mass is 9.90. The fourth-order valence-electron chi connectivity index (χ4n) is 4.05. The van der Waals surface area contributed by atoms with Crippen molar-refractivity contribution in [3.63, 3.8) is 0 Å². The first-order valence-corrected chi connectivity index (χ1v) is 9.73. The zero-order valence-electron chi connectivity index (χ0n) is 15.1. The summed E-state index contributed by atoms with van der Waals surface area (Å²) in [5.74, 6) is 0. The topological polar surface area (TPSA) is 23.5 Å². The Balaban J connectivity index is 1.83. The average Bonchev–Trinajstić information content (AvgIpc) is 2.54. The summed E-state index contributed by atoms with van der Waals surface area (Å²) in [7, 11) is 0. The van der Waals surface area contributed by atoms with Gasteiger partial charge in [-0.25, -0.2) is 0 Å². The minimum absolute atomic E-state index is 0.125. The second-order valence-corrected chi connectivity index (χ2v) is 7.28. The van der Waals surface area contributed by atoms with Crippen LogP contribution in [0.5, 0.6) is 0 Å².